The molecule has 0 radical (unpaired) electrons. The molecule has 1 aromatic heterocycles. The number of nitrogens with zero attached hydrogens (tertiary/aromatic N) is 3. The third kappa shape index (κ3) is 2.86. The number of nitrogens with one attached hydrogen (secondary N) is 1. The van der Waals surface area contributed by atoms with Crippen molar-refractivity contribution in [1.82, 2.24) is 15.2 Å². The van der Waals surface area contributed by atoms with Crippen molar-refractivity contribution in [2.75, 3.05) is 5.32 Å². The maximum absolute atomic E-state index is 13.6. The molecular formula is C11H9Cl2FN4. The summed E-state index contributed by atoms with van der Waals surface area (Å²) in [7, 11) is 0. The standard InChI is InChI=1S/C11H9Cl2FN4/c1-6(7-4-2-3-5-8(7)14)15-10-9(12)17-18-11(13)16-10/h2-6H,1H3,(H,15,16,18). The van der Waals surface area contributed by atoms with Crippen molar-refractivity contribution in [3.05, 3.63) is 46.1 Å². The molecule has 0 aliphatic heterocycles. The van der Waals surface area contributed by atoms with Crippen LogP contribution in [-0.4, -0.2) is 15.2 Å². The molecule has 0 bridgehead atoms. The van der Waals surface area contributed by atoms with Gasteiger partial charge in [0.1, 0.15) is 5.82 Å². The van der Waals surface area contributed by atoms with Gasteiger partial charge in [0.2, 0.25) is 5.28 Å². The monoisotopic (exact) mass is 286 g/mol. The molecule has 0 saturated heterocycles. The summed E-state index contributed by atoms with van der Waals surface area (Å²) in [6, 6.07) is 6.12. The molecule has 0 aliphatic rings. The third-order valence-electron chi connectivity index (χ3n) is 2.34. The molecule has 7 heteroatoms. The fourth-order valence-electron chi connectivity index (χ4n) is 1.49. The minimum atomic E-state index is -0.323. The van der Waals surface area contributed by atoms with Crippen molar-refractivity contribution in [3.8, 4) is 0 Å². The third-order valence-corrected chi connectivity index (χ3v) is 2.76. The van der Waals surface area contributed by atoms with Gasteiger partial charge >= 0.3 is 0 Å². The van der Waals surface area contributed by atoms with Gasteiger partial charge in [-0.2, -0.15) is 4.98 Å². The highest BCUT2D eigenvalue weighted by Crippen LogP contribution is 2.24. The van der Waals surface area contributed by atoms with Gasteiger partial charge in [0.25, 0.3) is 0 Å². The lowest BCUT2D eigenvalue weighted by Gasteiger charge is -2.15. The van der Waals surface area contributed by atoms with Crippen LogP contribution in [0.5, 0.6) is 0 Å². The average molecular weight is 287 g/mol. The van der Waals surface area contributed by atoms with Crippen LogP contribution >= 0.6 is 23.2 Å². The summed E-state index contributed by atoms with van der Waals surface area (Å²) in [5.74, 6) is -0.0332. The number of hydrogen-bond donors (Lipinski definition) is 1. The zero-order valence-electron chi connectivity index (χ0n) is 9.36. The zero-order chi connectivity index (χ0) is 13.1. The molecule has 2 rings (SSSR count). The quantitative estimate of drug-likeness (QED) is 0.938. The maximum Gasteiger partial charge on any atom is 0.245 e. The lowest BCUT2D eigenvalue weighted by molar-refractivity contribution is 0.600. The molecule has 0 amide bonds. The van der Waals surface area contributed by atoms with E-state index in [2.05, 4.69) is 20.5 Å². The van der Waals surface area contributed by atoms with E-state index in [4.69, 9.17) is 23.2 Å². The average Bonchev–Trinajstić information content (AvgIpc) is 2.34. The summed E-state index contributed by atoms with van der Waals surface area (Å²) in [6.45, 7) is 1.78. The molecule has 1 heterocycles. The highest BCUT2D eigenvalue weighted by atomic mass is 35.5. The molecule has 1 atom stereocenters. The van der Waals surface area contributed by atoms with E-state index in [-0.39, 0.29) is 28.1 Å². The van der Waals surface area contributed by atoms with E-state index in [0.29, 0.717) is 5.56 Å². The van der Waals surface area contributed by atoms with Crippen LogP contribution in [0.4, 0.5) is 10.2 Å². The molecule has 0 saturated carbocycles. The lowest BCUT2D eigenvalue weighted by Crippen LogP contribution is -2.11. The zero-order valence-corrected chi connectivity index (χ0v) is 10.9. The fourth-order valence-corrected chi connectivity index (χ4v) is 1.75. The van der Waals surface area contributed by atoms with E-state index < -0.39 is 0 Å². The van der Waals surface area contributed by atoms with Gasteiger partial charge in [-0.15, -0.1) is 10.2 Å². The Labute approximate surface area is 113 Å². The number of halogens is 3. The number of anilines is 1. The summed E-state index contributed by atoms with van der Waals surface area (Å²) in [4.78, 5) is 3.89. The minimum absolute atomic E-state index is 0.0253. The molecule has 0 spiro atoms. The van der Waals surface area contributed by atoms with Gasteiger partial charge in [-0.05, 0) is 24.6 Å². The van der Waals surface area contributed by atoms with Crippen molar-refractivity contribution < 1.29 is 4.39 Å². The highest BCUT2D eigenvalue weighted by molar-refractivity contribution is 6.32. The van der Waals surface area contributed by atoms with Crippen LogP contribution < -0.4 is 5.32 Å². The van der Waals surface area contributed by atoms with Gasteiger partial charge in [-0.1, -0.05) is 29.8 Å². The van der Waals surface area contributed by atoms with Gasteiger partial charge < -0.3 is 5.32 Å². The van der Waals surface area contributed by atoms with Crippen molar-refractivity contribution in [1.29, 1.82) is 0 Å². The van der Waals surface area contributed by atoms with Crippen molar-refractivity contribution >= 4 is 29.0 Å². The molecular weight excluding hydrogens is 278 g/mol. The maximum atomic E-state index is 13.6. The topological polar surface area (TPSA) is 50.7 Å². The molecule has 94 valence electrons. The van der Waals surface area contributed by atoms with E-state index in [1.165, 1.54) is 6.07 Å². The van der Waals surface area contributed by atoms with Crippen molar-refractivity contribution in [3.63, 3.8) is 0 Å². The first-order valence-electron chi connectivity index (χ1n) is 5.14. The summed E-state index contributed by atoms with van der Waals surface area (Å²) in [5, 5.41) is 10.1. The Morgan fingerprint density at radius 1 is 1.22 bits per heavy atom. The summed E-state index contributed by atoms with van der Waals surface area (Å²) in [5.41, 5.74) is 0.503. The largest absolute Gasteiger partial charge is 0.361 e. The van der Waals surface area contributed by atoms with E-state index in [1.54, 1.807) is 25.1 Å². The molecule has 1 unspecified atom stereocenters. The van der Waals surface area contributed by atoms with Crippen LogP contribution in [0.15, 0.2) is 24.3 Å². The summed E-state index contributed by atoms with van der Waals surface area (Å²) < 4.78 is 13.6. The Morgan fingerprint density at radius 3 is 2.67 bits per heavy atom. The Kier molecular flexibility index (Phi) is 3.93. The van der Waals surface area contributed by atoms with Crippen molar-refractivity contribution in [2.45, 2.75) is 13.0 Å². The number of rotatable bonds is 3. The van der Waals surface area contributed by atoms with Gasteiger partial charge in [-0.25, -0.2) is 4.39 Å². The predicted molar refractivity (Wildman–Crippen MR) is 68.3 cm³/mol. The molecule has 1 N–H and O–H groups in total. The van der Waals surface area contributed by atoms with E-state index in [0.717, 1.165) is 0 Å². The van der Waals surface area contributed by atoms with Gasteiger partial charge in [-0.3, -0.25) is 0 Å². The van der Waals surface area contributed by atoms with Gasteiger partial charge in [0, 0.05) is 5.56 Å². The van der Waals surface area contributed by atoms with Gasteiger partial charge in [0.15, 0.2) is 11.0 Å². The van der Waals surface area contributed by atoms with E-state index in [1.807, 2.05) is 0 Å². The SMILES string of the molecule is CC(Nc1nc(Cl)nnc1Cl)c1ccccc1F. The summed E-state index contributed by atoms with van der Waals surface area (Å²) >= 11 is 11.4. The second kappa shape index (κ2) is 5.46. The Hall–Kier alpha value is -1.46. The van der Waals surface area contributed by atoms with Crippen molar-refractivity contribution in [2.24, 2.45) is 0 Å². The molecule has 18 heavy (non-hydrogen) atoms. The van der Waals surface area contributed by atoms with Crippen LogP contribution in [0.25, 0.3) is 0 Å². The molecule has 0 aliphatic carbocycles. The lowest BCUT2D eigenvalue weighted by atomic mass is 10.1. The van der Waals surface area contributed by atoms with Crippen LogP contribution in [-0.2, 0) is 0 Å². The first kappa shape index (κ1) is 13.0. The molecule has 4 nitrogen and oxygen atoms in total. The summed E-state index contributed by atoms with van der Waals surface area (Å²) in [6.07, 6.45) is 0. The minimum Gasteiger partial charge on any atom is -0.361 e. The number of aromatic nitrogens is 3. The first-order valence-corrected chi connectivity index (χ1v) is 5.90. The molecule has 0 fully saturated rings. The normalized spacial score (nSPS) is 12.2. The Morgan fingerprint density at radius 2 is 1.94 bits per heavy atom. The van der Waals surface area contributed by atoms with Gasteiger partial charge in [0.05, 0.1) is 6.04 Å². The highest BCUT2D eigenvalue weighted by Gasteiger charge is 2.13. The first-order chi connectivity index (χ1) is 8.58. The van der Waals surface area contributed by atoms with Crippen LogP contribution in [0.2, 0.25) is 10.4 Å². The van der Waals surface area contributed by atoms with Crippen LogP contribution in [0, 0.1) is 5.82 Å². The second-order valence-electron chi connectivity index (χ2n) is 3.61. The van der Waals surface area contributed by atoms with Crippen LogP contribution in [0.3, 0.4) is 0 Å². The predicted octanol–water partition coefficient (Wildman–Crippen LogP) is 3.49. The number of benzene rings is 1. The fraction of sp³-hybridized carbons (Fsp3) is 0.182. The molecule has 2 aromatic rings. The van der Waals surface area contributed by atoms with E-state index >= 15 is 0 Å². The second-order valence-corrected chi connectivity index (χ2v) is 4.30. The molecule has 1 aromatic carbocycles. The Balaban J connectivity index is 2.24. The Bertz CT molecular complexity index is 564. The van der Waals surface area contributed by atoms with E-state index in [9.17, 15) is 4.39 Å². The van der Waals surface area contributed by atoms with Crippen LogP contribution in [0.1, 0.15) is 18.5 Å². The smallest absolute Gasteiger partial charge is 0.245 e. The number of hydrogen-bond acceptors (Lipinski definition) is 4.